The Hall–Kier alpha value is -0.780. The van der Waals surface area contributed by atoms with E-state index < -0.39 is 18.1 Å². The van der Waals surface area contributed by atoms with Gasteiger partial charge < -0.3 is 10.6 Å². The van der Waals surface area contributed by atoms with E-state index in [2.05, 4.69) is 0 Å². The van der Waals surface area contributed by atoms with Gasteiger partial charge in [0.05, 0.1) is 0 Å². The molecule has 1 heterocycles. The van der Waals surface area contributed by atoms with Crippen molar-refractivity contribution < 1.29 is 18.0 Å². The molecule has 0 bridgehead atoms. The van der Waals surface area contributed by atoms with Gasteiger partial charge in [0.25, 0.3) is 0 Å². The maximum Gasteiger partial charge on any atom is 0.412 e. The molecule has 1 aliphatic rings. The van der Waals surface area contributed by atoms with E-state index in [1.54, 1.807) is 0 Å². The molecule has 0 radical (unpaired) electrons. The molecule has 2 N–H and O–H groups in total. The normalized spacial score (nSPS) is 27.6. The van der Waals surface area contributed by atoms with Crippen LogP contribution in [0.4, 0.5) is 13.2 Å². The number of rotatable bonds is 2. The Kier molecular flexibility index (Phi) is 3.76. The van der Waals surface area contributed by atoms with Crippen molar-refractivity contribution in [2.75, 3.05) is 13.1 Å². The van der Waals surface area contributed by atoms with E-state index in [4.69, 9.17) is 5.73 Å². The third kappa shape index (κ3) is 2.91. The number of amides is 1. The molecule has 3 nitrogen and oxygen atoms in total. The quantitative estimate of drug-likeness (QED) is 0.814. The van der Waals surface area contributed by atoms with Gasteiger partial charge >= 0.3 is 6.18 Å². The number of nitrogens with two attached hydrogens (primary N) is 1. The molecule has 2 atom stereocenters. The average molecular weight is 252 g/mol. The van der Waals surface area contributed by atoms with Gasteiger partial charge in [-0.15, -0.1) is 0 Å². The number of carbonyl (C=O) groups is 1. The third-order valence-corrected chi connectivity index (χ3v) is 3.83. The second kappa shape index (κ2) is 4.48. The first-order valence-corrected chi connectivity index (χ1v) is 5.69. The summed E-state index contributed by atoms with van der Waals surface area (Å²) < 4.78 is 37.0. The molecule has 0 aliphatic carbocycles. The lowest BCUT2D eigenvalue weighted by Gasteiger charge is -2.29. The zero-order valence-electron chi connectivity index (χ0n) is 10.3. The van der Waals surface area contributed by atoms with Crippen LogP contribution < -0.4 is 5.73 Å². The maximum atomic E-state index is 12.3. The number of likely N-dealkylation sites (tertiary alicyclic amines) is 1. The van der Waals surface area contributed by atoms with Crippen LogP contribution >= 0.6 is 0 Å². The van der Waals surface area contributed by atoms with Crippen LogP contribution in [0, 0.1) is 11.3 Å². The van der Waals surface area contributed by atoms with Crippen molar-refractivity contribution in [1.82, 2.24) is 4.90 Å². The predicted molar refractivity (Wildman–Crippen MR) is 58.2 cm³/mol. The minimum Gasteiger partial charge on any atom is -0.340 e. The van der Waals surface area contributed by atoms with Crippen LogP contribution in [0.1, 0.15) is 27.2 Å². The molecule has 0 spiro atoms. The molecule has 0 saturated carbocycles. The fourth-order valence-electron chi connectivity index (χ4n) is 1.98. The number of hydrogen-bond acceptors (Lipinski definition) is 2. The molecule has 0 aromatic heterocycles. The van der Waals surface area contributed by atoms with E-state index in [-0.39, 0.29) is 5.41 Å². The van der Waals surface area contributed by atoms with E-state index in [0.29, 0.717) is 19.0 Å². The number of halogens is 3. The van der Waals surface area contributed by atoms with Crippen molar-refractivity contribution in [1.29, 1.82) is 0 Å². The van der Waals surface area contributed by atoms with E-state index in [1.165, 1.54) is 4.90 Å². The summed E-state index contributed by atoms with van der Waals surface area (Å²) in [4.78, 5) is 12.8. The van der Waals surface area contributed by atoms with Gasteiger partial charge in [0.2, 0.25) is 5.91 Å². The Morgan fingerprint density at radius 2 is 1.94 bits per heavy atom. The average Bonchev–Trinajstić information content (AvgIpc) is 2.59. The van der Waals surface area contributed by atoms with Gasteiger partial charge in [0.1, 0.15) is 0 Å². The molecule has 1 saturated heterocycles. The molecule has 0 unspecified atom stereocenters. The first-order valence-electron chi connectivity index (χ1n) is 5.69. The zero-order chi connectivity index (χ0) is 13.4. The van der Waals surface area contributed by atoms with Gasteiger partial charge in [-0.1, -0.05) is 20.8 Å². The van der Waals surface area contributed by atoms with E-state index >= 15 is 0 Å². The standard InChI is InChI=1S/C11H19F3N2O/c1-7(2)10(3)4-5-16(6-10)9(17)8(15)11(12,13)14/h7-8H,4-6,15H2,1-3H3/t8-,10+/m1/s1. The molecule has 1 fully saturated rings. The highest BCUT2D eigenvalue weighted by Crippen LogP contribution is 2.37. The van der Waals surface area contributed by atoms with Gasteiger partial charge in [-0.05, 0) is 17.8 Å². The SMILES string of the molecule is CC(C)[C@@]1(C)CCN(C(=O)[C@@H](N)C(F)(F)F)C1. The summed E-state index contributed by atoms with van der Waals surface area (Å²) in [5.41, 5.74) is 4.81. The van der Waals surface area contributed by atoms with Crippen LogP contribution in [-0.2, 0) is 4.79 Å². The van der Waals surface area contributed by atoms with Gasteiger partial charge in [0, 0.05) is 13.1 Å². The van der Waals surface area contributed by atoms with Crippen molar-refractivity contribution in [3.63, 3.8) is 0 Å². The summed E-state index contributed by atoms with van der Waals surface area (Å²) in [7, 11) is 0. The van der Waals surface area contributed by atoms with E-state index in [1.807, 2.05) is 20.8 Å². The van der Waals surface area contributed by atoms with Crippen LogP contribution in [0.25, 0.3) is 0 Å². The fourth-order valence-corrected chi connectivity index (χ4v) is 1.98. The Bertz CT molecular complexity index is 304. The van der Waals surface area contributed by atoms with Crippen molar-refractivity contribution in [3.8, 4) is 0 Å². The van der Waals surface area contributed by atoms with Crippen LogP contribution in [0.5, 0.6) is 0 Å². The first kappa shape index (κ1) is 14.3. The van der Waals surface area contributed by atoms with Crippen molar-refractivity contribution in [2.24, 2.45) is 17.1 Å². The lowest BCUT2D eigenvalue weighted by atomic mass is 9.78. The topological polar surface area (TPSA) is 46.3 Å². The van der Waals surface area contributed by atoms with Gasteiger partial charge in [-0.3, -0.25) is 4.79 Å². The molecule has 0 aromatic rings. The van der Waals surface area contributed by atoms with Crippen molar-refractivity contribution in [2.45, 2.75) is 39.4 Å². The summed E-state index contributed by atoms with van der Waals surface area (Å²) in [6.45, 7) is 6.73. The summed E-state index contributed by atoms with van der Waals surface area (Å²) in [5, 5.41) is 0. The summed E-state index contributed by atoms with van der Waals surface area (Å²) in [6.07, 6.45) is -3.94. The van der Waals surface area contributed by atoms with Crippen molar-refractivity contribution in [3.05, 3.63) is 0 Å². The third-order valence-electron chi connectivity index (χ3n) is 3.83. The molecule has 100 valence electrons. The molecular formula is C11H19F3N2O. The summed E-state index contributed by atoms with van der Waals surface area (Å²) >= 11 is 0. The molecule has 1 rings (SSSR count). The van der Waals surface area contributed by atoms with Gasteiger partial charge in [0.15, 0.2) is 6.04 Å². The number of alkyl halides is 3. The van der Waals surface area contributed by atoms with Crippen LogP contribution in [-0.4, -0.2) is 36.1 Å². The Labute approximate surface area is 99.1 Å². The Morgan fingerprint density at radius 1 is 1.41 bits per heavy atom. The molecule has 6 heteroatoms. The first-order chi connectivity index (χ1) is 7.58. The second-order valence-electron chi connectivity index (χ2n) is 5.34. The van der Waals surface area contributed by atoms with Crippen molar-refractivity contribution >= 4 is 5.91 Å². The highest BCUT2D eigenvalue weighted by Gasteiger charge is 2.47. The minimum absolute atomic E-state index is 0.110. The Morgan fingerprint density at radius 3 is 2.29 bits per heavy atom. The molecule has 0 aromatic carbocycles. The lowest BCUT2D eigenvalue weighted by molar-refractivity contribution is -0.169. The molecule has 1 aliphatic heterocycles. The minimum atomic E-state index is -4.66. The second-order valence-corrected chi connectivity index (χ2v) is 5.34. The maximum absolute atomic E-state index is 12.3. The smallest absolute Gasteiger partial charge is 0.340 e. The largest absolute Gasteiger partial charge is 0.412 e. The van der Waals surface area contributed by atoms with E-state index in [9.17, 15) is 18.0 Å². The summed E-state index contributed by atoms with van der Waals surface area (Å²) in [6, 6.07) is -2.39. The monoisotopic (exact) mass is 252 g/mol. The molecular weight excluding hydrogens is 233 g/mol. The lowest BCUT2D eigenvalue weighted by Crippen LogP contribution is -2.51. The Balaban J connectivity index is 2.69. The number of hydrogen-bond donors (Lipinski definition) is 1. The van der Waals surface area contributed by atoms with Gasteiger partial charge in [-0.25, -0.2) is 0 Å². The van der Waals surface area contributed by atoms with Crippen LogP contribution in [0.15, 0.2) is 0 Å². The highest BCUT2D eigenvalue weighted by atomic mass is 19.4. The zero-order valence-corrected chi connectivity index (χ0v) is 10.3. The number of carbonyl (C=O) groups excluding carboxylic acids is 1. The van der Waals surface area contributed by atoms with Crippen LogP contribution in [0.2, 0.25) is 0 Å². The fraction of sp³-hybridized carbons (Fsp3) is 0.909. The van der Waals surface area contributed by atoms with Gasteiger partial charge in [-0.2, -0.15) is 13.2 Å². The molecule has 1 amide bonds. The van der Waals surface area contributed by atoms with Crippen LogP contribution in [0.3, 0.4) is 0 Å². The highest BCUT2D eigenvalue weighted by molar-refractivity contribution is 5.82. The predicted octanol–water partition coefficient (Wildman–Crippen LogP) is 1.77. The molecule has 17 heavy (non-hydrogen) atoms. The summed E-state index contributed by atoms with van der Waals surface area (Å²) in [5.74, 6) is -0.690. The van der Waals surface area contributed by atoms with E-state index in [0.717, 1.165) is 6.42 Å². The number of nitrogens with zero attached hydrogens (tertiary/aromatic N) is 1.